The molecular formula is C17H36IN5O. The van der Waals surface area contributed by atoms with Gasteiger partial charge in [-0.1, -0.05) is 6.92 Å². The molecule has 1 unspecified atom stereocenters. The molecule has 1 atom stereocenters. The van der Waals surface area contributed by atoms with Crippen molar-refractivity contribution in [1.29, 1.82) is 0 Å². The Balaban J connectivity index is 0.00000529. The summed E-state index contributed by atoms with van der Waals surface area (Å²) in [5, 5.41) is 6.91. The van der Waals surface area contributed by atoms with E-state index >= 15 is 0 Å². The summed E-state index contributed by atoms with van der Waals surface area (Å²) in [4.78, 5) is 20.3. The van der Waals surface area contributed by atoms with E-state index in [4.69, 9.17) is 0 Å². The van der Waals surface area contributed by atoms with Crippen molar-refractivity contribution in [2.24, 2.45) is 4.99 Å². The molecule has 1 amide bonds. The molecule has 6 nitrogen and oxygen atoms in total. The Morgan fingerprint density at radius 2 is 1.83 bits per heavy atom. The van der Waals surface area contributed by atoms with Crippen molar-refractivity contribution in [2.75, 3.05) is 33.7 Å². The van der Waals surface area contributed by atoms with Crippen molar-refractivity contribution in [2.45, 2.75) is 65.1 Å². The van der Waals surface area contributed by atoms with Crippen LogP contribution in [0.1, 0.15) is 47.0 Å². The molecule has 0 aromatic carbocycles. The SMILES string of the molecule is CCC(C)NC(=NCC(=O)N(C)C)NC1CCN(C(C)C)CC1.I. The van der Waals surface area contributed by atoms with Crippen molar-refractivity contribution in [3.8, 4) is 0 Å². The highest BCUT2D eigenvalue weighted by atomic mass is 127. The van der Waals surface area contributed by atoms with Crippen molar-refractivity contribution in [1.82, 2.24) is 20.4 Å². The molecule has 1 aliphatic rings. The van der Waals surface area contributed by atoms with Gasteiger partial charge in [-0.3, -0.25) is 4.79 Å². The maximum Gasteiger partial charge on any atom is 0.243 e. The van der Waals surface area contributed by atoms with Gasteiger partial charge < -0.3 is 20.4 Å². The van der Waals surface area contributed by atoms with Gasteiger partial charge in [-0.15, -0.1) is 24.0 Å². The monoisotopic (exact) mass is 453 g/mol. The summed E-state index contributed by atoms with van der Waals surface area (Å²) in [6.45, 7) is 11.2. The summed E-state index contributed by atoms with van der Waals surface area (Å²) >= 11 is 0. The predicted octanol–water partition coefficient (Wildman–Crippen LogP) is 1.90. The average molecular weight is 453 g/mol. The molecule has 1 rings (SSSR count). The van der Waals surface area contributed by atoms with Gasteiger partial charge in [-0.05, 0) is 40.0 Å². The van der Waals surface area contributed by atoms with E-state index < -0.39 is 0 Å². The van der Waals surface area contributed by atoms with Crippen molar-refractivity contribution >= 4 is 35.8 Å². The number of carbonyl (C=O) groups excluding carboxylic acids is 1. The molecule has 7 heteroatoms. The molecule has 24 heavy (non-hydrogen) atoms. The number of rotatable bonds is 6. The Morgan fingerprint density at radius 3 is 2.29 bits per heavy atom. The Hall–Kier alpha value is -0.570. The van der Waals surface area contributed by atoms with E-state index in [1.54, 1.807) is 19.0 Å². The number of nitrogens with zero attached hydrogens (tertiary/aromatic N) is 3. The fourth-order valence-electron chi connectivity index (χ4n) is 2.51. The van der Waals surface area contributed by atoms with Gasteiger partial charge in [0.05, 0.1) is 0 Å². The minimum atomic E-state index is 0. The Bertz CT molecular complexity index is 392. The quantitative estimate of drug-likeness (QED) is 0.367. The Labute approximate surface area is 164 Å². The van der Waals surface area contributed by atoms with Crippen LogP contribution in [0.3, 0.4) is 0 Å². The number of aliphatic imine (C=N–C) groups is 1. The second-order valence-electron chi connectivity index (χ2n) is 6.95. The third-order valence-corrected chi connectivity index (χ3v) is 4.47. The zero-order chi connectivity index (χ0) is 17.4. The first-order chi connectivity index (χ1) is 10.8. The van der Waals surface area contributed by atoms with Crippen LogP contribution in [-0.4, -0.2) is 73.5 Å². The molecule has 1 fully saturated rings. The highest BCUT2D eigenvalue weighted by Gasteiger charge is 2.21. The molecule has 0 saturated carbocycles. The van der Waals surface area contributed by atoms with Crippen LogP contribution in [0, 0.1) is 0 Å². The minimum Gasteiger partial charge on any atom is -0.354 e. The molecule has 0 aromatic rings. The lowest BCUT2D eigenvalue weighted by atomic mass is 10.0. The number of hydrogen-bond donors (Lipinski definition) is 2. The van der Waals surface area contributed by atoms with E-state index in [0.29, 0.717) is 18.1 Å². The summed E-state index contributed by atoms with van der Waals surface area (Å²) in [5.74, 6) is 0.780. The van der Waals surface area contributed by atoms with Crippen LogP contribution in [-0.2, 0) is 4.79 Å². The van der Waals surface area contributed by atoms with Gasteiger partial charge in [0.1, 0.15) is 6.54 Å². The number of halogens is 1. The van der Waals surface area contributed by atoms with Crippen LogP contribution >= 0.6 is 24.0 Å². The van der Waals surface area contributed by atoms with Gasteiger partial charge in [0.25, 0.3) is 0 Å². The van der Waals surface area contributed by atoms with Gasteiger partial charge in [0.15, 0.2) is 5.96 Å². The number of amides is 1. The van der Waals surface area contributed by atoms with Crippen LogP contribution in [0.25, 0.3) is 0 Å². The fraction of sp³-hybridized carbons (Fsp3) is 0.882. The highest BCUT2D eigenvalue weighted by Crippen LogP contribution is 2.12. The Morgan fingerprint density at radius 1 is 1.25 bits per heavy atom. The van der Waals surface area contributed by atoms with Crippen LogP contribution in [0.4, 0.5) is 0 Å². The molecular weight excluding hydrogens is 417 g/mol. The van der Waals surface area contributed by atoms with E-state index in [-0.39, 0.29) is 36.4 Å². The van der Waals surface area contributed by atoms with Crippen LogP contribution in [0.2, 0.25) is 0 Å². The lowest BCUT2D eigenvalue weighted by molar-refractivity contribution is -0.127. The second-order valence-corrected chi connectivity index (χ2v) is 6.95. The smallest absolute Gasteiger partial charge is 0.243 e. The summed E-state index contributed by atoms with van der Waals surface area (Å²) in [6.07, 6.45) is 3.25. The maximum atomic E-state index is 11.8. The van der Waals surface area contributed by atoms with Crippen molar-refractivity contribution in [3.63, 3.8) is 0 Å². The molecule has 0 aromatic heterocycles. The standard InChI is InChI=1S/C17H35N5O.HI/c1-7-14(4)19-17(18-12-16(23)21(5)6)20-15-8-10-22(11-9-15)13(2)3;/h13-15H,7-12H2,1-6H3,(H2,18,19,20);1H. The Kier molecular flexibility index (Phi) is 11.6. The highest BCUT2D eigenvalue weighted by molar-refractivity contribution is 14.0. The number of piperidine rings is 1. The third-order valence-electron chi connectivity index (χ3n) is 4.47. The molecule has 0 spiro atoms. The zero-order valence-electron chi connectivity index (χ0n) is 16.1. The minimum absolute atomic E-state index is 0. The van der Waals surface area contributed by atoms with E-state index in [1.807, 2.05) is 0 Å². The van der Waals surface area contributed by atoms with E-state index in [0.717, 1.165) is 38.3 Å². The van der Waals surface area contributed by atoms with Crippen molar-refractivity contribution in [3.05, 3.63) is 0 Å². The maximum absolute atomic E-state index is 11.8. The average Bonchev–Trinajstić information content (AvgIpc) is 2.52. The molecule has 0 radical (unpaired) electrons. The summed E-state index contributed by atoms with van der Waals surface area (Å²) in [6, 6.07) is 1.38. The molecule has 1 aliphatic heterocycles. The molecule has 0 aliphatic carbocycles. The van der Waals surface area contributed by atoms with E-state index in [9.17, 15) is 4.79 Å². The normalized spacial score (nSPS) is 18.0. The first kappa shape index (κ1) is 23.4. The molecule has 142 valence electrons. The first-order valence-corrected chi connectivity index (χ1v) is 8.85. The molecule has 0 bridgehead atoms. The van der Waals surface area contributed by atoms with Gasteiger partial charge >= 0.3 is 0 Å². The predicted molar refractivity (Wildman–Crippen MR) is 112 cm³/mol. The number of hydrogen-bond acceptors (Lipinski definition) is 3. The van der Waals surface area contributed by atoms with Crippen LogP contribution in [0.5, 0.6) is 0 Å². The molecule has 1 heterocycles. The number of nitrogens with one attached hydrogen (secondary N) is 2. The fourth-order valence-corrected chi connectivity index (χ4v) is 2.51. The summed E-state index contributed by atoms with van der Waals surface area (Å²) < 4.78 is 0. The number of likely N-dealkylation sites (N-methyl/N-ethyl adjacent to an activating group) is 1. The number of guanidine groups is 1. The third kappa shape index (κ3) is 8.50. The molecule has 1 saturated heterocycles. The van der Waals surface area contributed by atoms with Gasteiger partial charge in [0.2, 0.25) is 5.91 Å². The number of carbonyl (C=O) groups is 1. The van der Waals surface area contributed by atoms with Crippen LogP contribution in [0.15, 0.2) is 4.99 Å². The van der Waals surface area contributed by atoms with Gasteiger partial charge in [-0.2, -0.15) is 0 Å². The van der Waals surface area contributed by atoms with Crippen LogP contribution < -0.4 is 10.6 Å². The van der Waals surface area contributed by atoms with Gasteiger partial charge in [0, 0.05) is 45.3 Å². The van der Waals surface area contributed by atoms with Crippen molar-refractivity contribution < 1.29 is 4.79 Å². The molecule has 2 N–H and O–H groups in total. The largest absolute Gasteiger partial charge is 0.354 e. The zero-order valence-corrected chi connectivity index (χ0v) is 18.5. The lowest BCUT2D eigenvalue weighted by Crippen LogP contribution is -2.51. The summed E-state index contributed by atoms with van der Waals surface area (Å²) in [5.41, 5.74) is 0. The number of likely N-dealkylation sites (tertiary alicyclic amines) is 1. The topological polar surface area (TPSA) is 60.0 Å². The van der Waals surface area contributed by atoms with E-state index in [1.165, 1.54) is 0 Å². The van der Waals surface area contributed by atoms with E-state index in [2.05, 4.69) is 48.2 Å². The summed E-state index contributed by atoms with van der Waals surface area (Å²) in [7, 11) is 3.52. The second kappa shape index (κ2) is 11.9. The van der Waals surface area contributed by atoms with Gasteiger partial charge in [-0.25, -0.2) is 4.99 Å². The lowest BCUT2D eigenvalue weighted by Gasteiger charge is -2.35. The first-order valence-electron chi connectivity index (χ1n) is 8.85.